The van der Waals surface area contributed by atoms with Gasteiger partial charge in [0.1, 0.15) is 11.9 Å². The molecule has 0 unspecified atom stereocenters. The van der Waals surface area contributed by atoms with Gasteiger partial charge in [0.05, 0.1) is 13.7 Å². The summed E-state index contributed by atoms with van der Waals surface area (Å²) in [6.45, 7) is 4.11. The summed E-state index contributed by atoms with van der Waals surface area (Å²) in [4.78, 5) is 11.3. The molecule has 1 aliphatic rings. The van der Waals surface area contributed by atoms with Crippen molar-refractivity contribution in [3.8, 4) is 5.75 Å². The second kappa shape index (κ2) is 6.46. The van der Waals surface area contributed by atoms with Crippen molar-refractivity contribution < 1.29 is 19.0 Å². The summed E-state index contributed by atoms with van der Waals surface area (Å²) in [5, 5.41) is 0. The van der Waals surface area contributed by atoms with Gasteiger partial charge in [0.15, 0.2) is 0 Å². The molecular weight excluding hydrogens is 256 g/mol. The van der Waals surface area contributed by atoms with Gasteiger partial charge in [0, 0.05) is 5.92 Å². The lowest BCUT2D eigenvalue weighted by Gasteiger charge is -2.14. The molecule has 0 saturated heterocycles. The van der Waals surface area contributed by atoms with Crippen LogP contribution in [0.5, 0.6) is 5.75 Å². The van der Waals surface area contributed by atoms with Gasteiger partial charge in [-0.25, -0.2) is 4.79 Å². The molecule has 0 radical (unpaired) electrons. The van der Waals surface area contributed by atoms with Crippen LogP contribution in [-0.2, 0) is 9.47 Å². The van der Waals surface area contributed by atoms with E-state index in [9.17, 15) is 4.79 Å². The largest absolute Gasteiger partial charge is 0.508 e. The van der Waals surface area contributed by atoms with Crippen LogP contribution in [0.25, 0.3) is 0 Å². The van der Waals surface area contributed by atoms with E-state index in [2.05, 4.69) is 12.1 Å². The molecule has 0 heterocycles. The molecule has 2 rings (SSSR count). The van der Waals surface area contributed by atoms with Crippen molar-refractivity contribution in [2.75, 3.05) is 13.7 Å². The normalized spacial score (nSPS) is 20.8. The number of allylic oxidation sites excluding steroid dienone is 1. The van der Waals surface area contributed by atoms with Crippen molar-refractivity contribution in [2.24, 2.45) is 0 Å². The lowest BCUT2D eigenvalue weighted by molar-refractivity contribution is 0.0398. The average Bonchev–Trinajstić information content (AvgIpc) is 2.87. The molecule has 0 fully saturated rings. The maximum atomic E-state index is 11.3. The number of hydrogen-bond acceptors (Lipinski definition) is 4. The minimum absolute atomic E-state index is 0.207. The van der Waals surface area contributed by atoms with E-state index in [1.807, 2.05) is 25.1 Å². The molecule has 0 aliphatic heterocycles. The SMILES string of the molecule is CCOC(=O)O[C@H]1C=C[C@H](c2ccc(OC)c(C)c2)C1. The second-order valence-corrected chi connectivity index (χ2v) is 4.80. The van der Waals surface area contributed by atoms with E-state index >= 15 is 0 Å². The Hall–Kier alpha value is -1.97. The number of carbonyl (C=O) groups is 1. The molecule has 0 spiro atoms. The predicted molar refractivity (Wildman–Crippen MR) is 76.1 cm³/mol. The molecule has 0 bridgehead atoms. The zero-order chi connectivity index (χ0) is 14.5. The van der Waals surface area contributed by atoms with Crippen molar-refractivity contribution in [1.82, 2.24) is 0 Å². The van der Waals surface area contributed by atoms with Crippen molar-refractivity contribution >= 4 is 6.16 Å². The number of methoxy groups -OCH3 is 1. The summed E-state index contributed by atoms with van der Waals surface area (Å²) < 4.78 is 15.2. The zero-order valence-corrected chi connectivity index (χ0v) is 12.1. The molecule has 0 amide bonds. The second-order valence-electron chi connectivity index (χ2n) is 4.80. The fourth-order valence-corrected chi connectivity index (χ4v) is 2.41. The minimum Gasteiger partial charge on any atom is -0.496 e. The van der Waals surface area contributed by atoms with E-state index in [1.54, 1.807) is 14.0 Å². The summed E-state index contributed by atoms with van der Waals surface area (Å²) >= 11 is 0. The maximum Gasteiger partial charge on any atom is 0.508 e. The van der Waals surface area contributed by atoms with Crippen LogP contribution in [0.3, 0.4) is 0 Å². The Morgan fingerprint density at radius 3 is 2.80 bits per heavy atom. The Morgan fingerprint density at radius 1 is 1.35 bits per heavy atom. The summed E-state index contributed by atoms with van der Waals surface area (Å²) in [5.41, 5.74) is 2.31. The number of hydrogen-bond donors (Lipinski definition) is 0. The molecule has 0 saturated carbocycles. The van der Waals surface area contributed by atoms with Gasteiger partial charge in [0.2, 0.25) is 0 Å². The average molecular weight is 276 g/mol. The highest BCUT2D eigenvalue weighted by atomic mass is 16.7. The number of benzene rings is 1. The van der Waals surface area contributed by atoms with Crippen molar-refractivity contribution in [3.63, 3.8) is 0 Å². The Morgan fingerprint density at radius 2 is 2.15 bits per heavy atom. The summed E-state index contributed by atoms with van der Waals surface area (Å²) in [7, 11) is 1.67. The highest BCUT2D eigenvalue weighted by Gasteiger charge is 2.24. The zero-order valence-electron chi connectivity index (χ0n) is 12.1. The van der Waals surface area contributed by atoms with Crippen LogP contribution in [0, 0.1) is 6.92 Å². The van der Waals surface area contributed by atoms with Gasteiger partial charge in [-0.05, 0) is 43.5 Å². The first-order valence-electron chi connectivity index (χ1n) is 6.80. The number of carbonyl (C=O) groups excluding carboxylic acids is 1. The van der Waals surface area contributed by atoms with Gasteiger partial charge in [-0.1, -0.05) is 18.2 Å². The number of rotatable bonds is 4. The first kappa shape index (κ1) is 14.4. The van der Waals surface area contributed by atoms with Crippen LogP contribution >= 0.6 is 0 Å². The lowest BCUT2D eigenvalue weighted by atomic mass is 9.96. The van der Waals surface area contributed by atoms with Gasteiger partial charge in [-0.3, -0.25) is 0 Å². The van der Waals surface area contributed by atoms with E-state index in [0.29, 0.717) is 6.61 Å². The highest BCUT2D eigenvalue weighted by molar-refractivity contribution is 5.60. The summed E-state index contributed by atoms with van der Waals surface area (Å²) in [6, 6.07) is 6.13. The minimum atomic E-state index is -0.603. The Kier molecular flexibility index (Phi) is 4.66. The van der Waals surface area contributed by atoms with Crippen molar-refractivity contribution in [3.05, 3.63) is 41.5 Å². The van der Waals surface area contributed by atoms with E-state index in [-0.39, 0.29) is 12.0 Å². The van der Waals surface area contributed by atoms with E-state index in [1.165, 1.54) is 5.56 Å². The number of aryl methyl sites for hydroxylation is 1. The van der Waals surface area contributed by atoms with Gasteiger partial charge in [-0.15, -0.1) is 0 Å². The third kappa shape index (κ3) is 3.32. The molecule has 4 heteroatoms. The van der Waals surface area contributed by atoms with Gasteiger partial charge >= 0.3 is 6.16 Å². The molecule has 2 atom stereocenters. The summed E-state index contributed by atoms with van der Waals surface area (Å²) in [6.07, 6.45) is 3.94. The van der Waals surface area contributed by atoms with Gasteiger partial charge < -0.3 is 14.2 Å². The quantitative estimate of drug-likeness (QED) is 0.622. The van der Waals surface area contributed by atoms with E-state index in [4.69, 9.17) is 14.2 Å². The van der Waals surface area contributed by atoms with Gasteiger partial charge in [-0.2, -0.15) is 0 Å². The molecule has 20 heavy (non-hydrogen) atoms. The Labute approximate surface area is 119 Å². The fraction of sp³-hybridized carbons (Fsp3) is 0.438. The molecule has 0 N–H and O–H groups in total. The van der Waals surface area contributed by atoms with Crippen LogP contribution in [-0.4, -0.2) is 26.0 Å². The van der Waals surface area contributed by atoms with Crippen LogP contribution in [0.2, 0.25) is 0 Å². The monoisotopic (exact) mass is 276 g/mol. The van der Waals surface area contributed by atoms with E-state index in [0.717, 1.165) is 17.7 Å². The number of ether oxygens (including phenoxy) is 3. The Balaban J connectivity index is 1.98. The Bertz CT molecular complexity index is 507. The topological polar surface area (TPSA) is 44.8 Å². The molecular formula is C16H20O4. The smallest absolute Gasteiger partial charge is 0.496 e. The van der Waals surface area contributed by atoms with Crippen LogP contribution in [0.15, 0.2) is 30.4 Å². The molecule has 1 aromatic rings. The molecule has 0 aromatic heterocycles. The molecule has 1 aromatic carbocycles. The third-order valence-corrected chi connectivity index (χ3v) is 3.40. The fourth-order valence-electron chi connectivity index (χ4n) is 2.41. The highest BCUT2D eigenvalue weighted by Crippen LogP contribution is 2.32. The summed E-state index contributed by atoms with van der Waals surface area (Å²) in [5.74, 6) is 1.15. The molecule has 1 aliphatic carbocycles. The lowest BCUT2D eigenvalue weighted by Crippen LogP contribution is -2.16. The van der Waals surface area contributed by atoms with Crippen molar-refractivity contribution in [2.45, 2.75) is 32.3 Å². The standard InChI is InChI=1S/C16H20O4/c1-4-19-16(17)20-14-7-5-13(10-14)12-6-8-15(18-3)11(2)9-12/h5-9,13-14H,4,10H2,1-3H3/t13-,14-/m0/s1. The third-order valence-electron chi connectivity index (χ3n) is 3.40. The van der Waals surface area contributed by atoms with E-state index < -0.39 is 6.16 Å². The van der Waals surface area contributed by atoms with Crippen LogP contribution < -0.4 is 4.74 Å². The van der Waals surface area contributed by atoms with Gasteiger partial charge in [0.25, 0.3) is 0 Å². The first-order chi connectivity index (χ1) is 9.63. The molecule has 4 nitrogen and oxygen atoms in total. The van der Waals surface area contributed by atoms with Crippen LogP contribution in [0.4, 0.5) is 4.79 Å². The van der Waals surface area contributed by atoms with Crippen LogP contribution in [0.1, 0.15) is 30.4 Å². The first-order valence-corrected chi connectivity index (χ1v) is 6.80. The predicted octanol–water partition coefficient (Wildman–Crippen LogP) is 3.59. The maximum absolute atomic E-state index is 11.3. The van der Waals surface area contributed by atoms with Crippen molar-refractivity contribution in [1.29, 1.82) is 0 Å². The molecule has 108 valence electrons.